The maximum atomic E-state index is 12.0. The number of benzene rings is 1. The van der Waals surface area contributed by atoms with Crippen molar-refractivity contribution in [2.45, 2.75) is 6.42 Å². The molecule has 24 heavy (non-hydrogen) atoms. The van der Waals surface area contributed by atoms with E-state index in [1.165, 1.54) is 6.08 Å². The Bertz CT molecular complexity index is 914. The second-order valence-electron chi connectivity index (χ2n) is 5.44. The molecule has 0 aliphatic rings. The van der Waals surface area contributed by atoms with Gasteiger partial charge in [-0.1, -0.05) is 18.2 Å². The molecule has 0 radical (unpaired) electrons. The lowest BCUT2D eigenvalue weighted by Gasteiger charge is -2.11. The Morgan fingerprint density at radius 2 is 2.08 bits per heavy atom. The lowest BCUT2D eigenvalue weighted by atomic mass is 10.1. The molecule has 3 N–H and O–H groups in total. The molecule has 3 rings (SSSR count). The second-order valence-corrected chi connectivity index (χ2v) is 5.44. The average Bonchev–Trinajstić information content (AvgIpc) is 2.98. The Morgan fingerprint density at radius 3 is 2.88 bits per heavy atom. The van der Waals surface area contributed by atoms with Crippen LogP contribution in [0, 0.1) is 0 Å². The highest BCUT2D eigenvalue weighted by Crippen LogP contribution is 2.25. The van der Waals surface area contributed by atoms with E-state index in [4.69, 9.17) is 5.73 Å². The Kier molecular flexibility index (Phi) is 4.67. The summed E-state index contributed by atoms with van der Waals surface area (Å²) >= 11 is 0. The summed E-state index contributed by atoms with van der Waals surface area (Å²) in [5.74, 6) is -0.376. The number of amides is 2. The predicted molar refractivity (Wildman–Crippen MR) is 94.1 cm³/mol. The molecule has 3 aromatic rings. The molecule has 2 heterocycles. The van der Waals surface area contributed by atoms with Gasteiger partial charge in [0.15, 0.2) is 0 Å². The highest BCUT2D eigenvalue weighted by molar-refractivity contribution is 6.07. The number of aromatic amines is 1. The molecule has 0 saturated carbocycles. The Morgan fingerprint density at radius 1 is 1.25 bits per heavy atom. The van der Waals surface area contributed by atoms with Crippen molar-refractivity contribution in [1.82, 2.24) is 14.9 Å². The van der Waals surface area contributed by atoms with Crippen LogP contribution in [0.2, 0.25) is 0 Å². The van der Waals surface area contributed by atoms with Crippen molar-refractivity contribution in [3.63, 3.8) is 0 Å². The number of fused-ring (bicyclic) bond motifs is 3. The molecule has 6 nitrogen and oxygen atoms in total. The number of para-hydroxylation sites is 1. The predicted octanol–water partition coefficient (Wildman–Crippen LogP) is 2.06. The zero-order valence-electron chi connectivity index (χ0n) is 13.1. The van der Waals surface area contributed by atoms with Crippen molar-refractivity contribution >= 4 is 40.2 Å². The number of carbonyl (C=O) groups is 2. The van der Waals surface area contributed by atoms with Gasteiger partial charge in [-0.05, 0) is 31.2 Å². The van der Waals surface area contributed by atoms with E-state index in [1.807, 2.05) is 30.3 Å². The molecule has 0 unspecified atom stereocenters. The molecule has 0 saturated heterocycles. The van der Waals surface area contributed by atoms with Gasteiger partial charge in [0.1, 0.15) is 0 Å². The Hall–Kier alpha value is -2.99. The van der Waals surface area contributed by atoms with Gasteiger partial charge in [-0.15, -0.1) is 0 Å². The summed E-state index contributed by atoms with van der Waals surface area (Å²) in [6.07, 6.45) is 5.82. The fourth-order valence-corrected chi connectivity index (χ4v) is 2.59. The third-order valence-corrected chi connectivity index (χ3v) is 3.82. The van der Waals surface area contributed by atoms with E-state index in [-0.39, 0.29) is 5.91 Å². The molecule has 0 fully saturated rings. The van der Waals surface area contributed by atoms with E-state index in [0.29, 0.717) is 31.6 Å². The lowest BCUT2D eigenvalue weighted by molar-refractivity contribution is -0.134. The maximum absolute atomic E-state index is 12.0. The number of nitrogens with one attached hydrogen (secondary N) is 1. The van der Waals surface area contributed by atoms with Crippen LogP contribution in [-0.4, -0.2) is 40.3 Å². The summed E-state index contributed by atoms with van der Waals surface area (Å²) in [7, 11) is 0. The number of nitrogens with two attached hydrogens (primary N) is 1. The first-order valence-corrected chi connectivity index (χ1v) is 7.73. The summed E-state index contributed by atoms with van der Waals surface area (Å²) in [6.45, 7) is 0.748. The van der Waals surface area contributed by atoms with Gasteiger partial charge in [-0.2, -0.15) is 0 Å². The molecule has 2 aromatic heterocycles. The molecule has 1 aromatic carbocycles. The van der Waals surface area contributed by atoms with Crippen molar-refractivity contribution in [3.8, 4) is 0 Å². The van der Waals surface area contributed by atoms with Crippen LogP contribution in [0.5, 0.6) is 0 Å². The summed E-state index contributed by atoms with van der Waals surface area (Å²) in [5.41, 5.74) is 8.04. The number of rotatable bonds is 6. The summed E-state index contributed by atoms with van der Waals surface area (Å²) in [4.78, 5) is 31.7. The SMILES string of the molecule is NCCCN(C=O)C(=O)/C=C/c1cc2c(cn1)[nH]c1ccccc12. The quantitative estimate of drug-likeness (QED) is 0.537. The third kappa shape index (κ3) is 3.18. The van der Waals surface area contributed by atoms with Crippen LogP contribution in [0.1, 0.15) is 12.1 Å². The van der Waals surface area contributed by atoms with Crippen LogP contribution in [0.15, 0.2) is 42.6 Å². The van der Waals surface area contributed by atoms with Gasteiger partial charge >= 0.3 is 0 Å². The molecule has 0 bridgehead atoms. The van der Waals surface area contributed by atoms with Gasteiger partial charge in [0.25, 0.3) is 5.91 Å². The molecule has 122 valence electrons. The van der Waals surface area contributed by atoms with E-state index in [1.54, 1.807) is 12.3 Å². The number of H-pyrrole nitrogens is 1. The number of hydrogen-bond donors (Lipinski definition) is 2. The van der Waals surface area contributed by atoms with Crippen molar-refractivity contribution in [1.29, 1.82) is 0 Å². The maximum Gasteiger partial charge on any atom is 0.253 e. The first kappa shape index (κ1) is 15.9. The van der Waals surface area contributed by atoms with Crippen molar-refractivity contribution < 1.29 is 9.59 Å². The van der Waals surface area contributed by atoms with Gasteiger partial charge < -0.3 is 10.7 Å². The monoisotopic (exact) mass is 322 g/mol. The van der Waals surface area contributed by atoms with Gasteiger partial charge in [0.05, 0.1) is 17.4 Å². The molecule has 0 aliphatic heterocycles. The van der Waals surface area contributed by atoms with Crippen LogP contribution in [0.25, 0.3) is 27.9 Å². The molecule has 0 atom stereocenters. The second kappa shape index (κ2) is 7.06. The van der Waals surface area contributed by atoms with Gasteiger partial charge in [-0.25, -0.2) is 0 Å². The van der Waals surface area contributed by atoms with E-state index < -0.39 is 0 Å². The first-order chi connectivity index (χ1) is 11.7. The van der Waals surface area contributed by atoms with Crippen molar-refractivity contribution in [2.24, 2.45) is 5.73 Å². The molecule has 0 aliphatic carbocycles. The summed E-state index contributed by atoms with van der Waals surface area (Å²) in [5, 5.41) is 2.15. The number of nitrogens with zero attached hydrogens (tertiary/aromatic N) is 2. The Labute approximate surface area is 139 Å². The minimum atomic E-state index is -0.376. The van der Waals surface area contributed by atoms with Gasteiger partial charge in [0.2, 0.25) is 6.41 Å². The van der Waals surface area contributed by atoms with Gasteiger partial charge in [0, 0.05) is 28.9 Å². The van der Waals surface area contributed by atoms with Crippen LogP contribution in [0.4, 0.5) is 0 Å². The number of aromatic nitrogens is 2. The standard InChI is InChI=1S/C18H18N4O2/c19-8-3-9-22(12-23)18(24)7-6-13-10-15-14-4-1-2-5-16(14)21-17(15)11-20-13/h1-2,4-7,10-12,21H,3,8-9,19H2/b7-6+. The van der Waals surface area contributed by atoms with E-state index in [2.05, 4.69) is 9.97 Å². The van der Waals surface area contributed by atoms with Gasteiger partial charge in [-0.3, -0.25) is 19.5 Å². The number of carbonyl (C=O) groups excluding carboxylic acids is 2. The highest BCUT2D eigenvalue weighted by atomic mass is 16.2. The van der Waals surface area contributed by atoms with Crippen LogP contribution >= 0.6 is 0 Å². The highest BCUT2D eigenvalue weighted by Gasteiger charge is 2.09. The Balaban J connectivity index is 1.85. The minimum Gasteiger partial charge on any atom is -0.353 e. The zero-order chi connectivity index (χ0) is 16.9. The van der Waals surface area contributed by atoms with Crippen LogP contribution in [0.3, 0.4) is 0 Å². The smallest absolute Gasteiger partial charge is 0.253 e. The molecular formula is C18H18N4O2. The first-order valence-electron chi connectivity index (χ1n) is 7.73. The van der Waals surface area contributed by atoms with Crippen LogP contribution < -0.4 is 5.73 Å². The number of pyridine rings is 1. The minimum absolute atomic E-state index is 0.318. The van der Waals surface area contributed by atoms with Crippen molar-refractivity contribution in [2.75, 3.05) is 13.1 Å². The number of imide groups is 1. The van der Waals surface area contributed by atoms with Crippen molar-refractivity contribution in [3.05, 3.63) is 48.3 Å². The van der Waals surface area contributed by atoms with E-state index in [9.17, 15) is 9.59 Å². The summed E-state index contributed by atoms with van der Waals surface area (Å²) < 4.78 is 0. The molecular weight excluding hydrogens is 304 g/mol. The molecule has 0 spiro atoms. The lowest BCUT2D eigenvalue weighted by Crippen LogP contribution is -2.30. The largest absolute Gasteiger partial charge is 0.353 e. The van der Waals surface area contributed by atoms with E-state index in [0.717, 1.165) is 26.7 Å². The third-order valence-electron chi connectivity index (χ3n) is 3.82. The fraction of sp³-hybridized carbons (Fsp3) is 0.167. The van der Waals surface area contributed by atoms with E-state index >= 15 is 0 Å². The molecule has 2 amide bonds. The normalized spacial score (nSPS) is 11.4. The van der Waals surface area contributed by atoms with Crippen LogP contribution in [-0.2, 0) is 9.59 Å². The number of hydrogen-bond acceptors (Lipinski definition) is 4. The average molecular weight is 322 g/mol. The zero-order valence-corrected chi connectivity index (χ0v) is 13.1. The molecule has 6 heteroatoms. The fourth-order valence-electron chi connectivity index (χ4n) is 2.59. The topological polar surface area (TPSA) is 92.1 Å². The summed E-state index contributed by atoms with van der Waals surface area (Å²) in [6, 6.07) is 9.92.